The van der Waals surface area contributed by atoms with E-state index in [1.165, 1.54) is 37.9 Å². The first-order chi connectivity index (χ1) is 10.3. The summed E-state index contributed by atoms with van der Waals surface area (Å²) in [5.41, 5.74) is 1.20. The van der Waals surface area contributed by atoms with Gasteiger partial charge < -0.3 is 10.6 Å². The van der Waals surface area contributed by atoms with Gasteiger partial charge in [-0.15, -0.1) is 0 Å². The quantitative estimate of drug-likeness (QED) is 0.809. The number of rotatable bonds is 7. The second-order valence-electron chi connectivity index (χ2n) is 5.88. The SMILES string of the molecule is CCCc1c(NC)ncnc1NCC(C)N1CCCCC1. The lowest BCUT2D eigenvalue weighted by atomic mass is 10.1. The highest BCUT2D eigenvalue weighted by Crippen LogP contribution is 2.21. The summed E-state index contributed by atoms with van der Waals surface area (Å²) in [5.74, 6) is 1.93. The fraction of sp³-hybridized carbons (Fsp3) is 0.750. The predicted octanol–water partition coefficient (Wildman–Crippen LogP) is 2.76. The number of likely N-dealkylation sites (tertiary alicyclic amines) is 1. The Morgan fingerprint density at radius 3 is 2.57 bits per heavy atom. The Labute approximate surface area is 128 Å². The maximum atomic E-state index is 4.44. The fourth-order valence-electron chi connectivity index (χ4n) is 3.00. The van der Waals surface area contributed by atoms with Crippen molar-refractivity contribution in [1.82, 2.24) is 14.9 Å². The number of hydrogen-bond donors (Lipinski definition) is 2. The molecule has 1 aromatic rings. The molecule has 0 radical (unpaired) electrons. The first kappa shape index (κ1) is 16.0. The molecule has 1 aliphatic rings. The molecule has 1 fully saturated rings. The molecule has 5 nitrogen and oxygen atoms in total. The van der Waals surface area contributed by atoms with Crippen molar-refractivity contribution < 1.29 is 0 Å². The van der Waals surface area contributed by atoms with Gasteiger partial charge in [-0.1, -0.05) is 19.8 Å². The van der Waals surface area contributed by atoms with Gasteiger partial charge in [0.05, 0.1) is 0 Å². The van der Waals surface area contributed by atoms with Crippen LogP contribution in [0.25, 0.3) is 0 Å². The highest BCUT2D eigenvalue weighted by Gasteiger charge is 2.17. The van der Waals surface area contributed by atoms with E-state index in [1.54, 1.807) is 6.33 Å². The second kappa shape index (κ2) is 8.17. The normalized spacial score (nSPS) is 17.5. The van der Waals surface area contributed by atoms with E-state index in [0.717, 1.165) is 31.0 Å². The van der Waals surface area contributed by atoms with Crippen LogP contribution in [0.4, 0.5) is 11.6 Å². The molecule has 0 saturated carbocycles. The highest BCUT2D eigenvalue weighted by molar-refractivity contribution is 5.57. The lowest BCUT2D eigenvalue weighted by Gasteiger charge is -2.32. The molecule has 1 aromatic heterocycles. The molecule has 1 atom stereocenters. The number of nitrogens with zero attached hydrogens (tertiary/aromatic N) is 3. The molecule has 118 valence electrons. The van der Waals surface area contributed by atoms with Gasteiger partial charge in [0, 0.05) is 25.2 Å². The summed E-state index contributed by atoms with van der Waals surface area (Å²) in [4.78, 5) is 11.3. The maximum Gasteiger partial charge on any atom is 0.134 e. The van der Waals surface area contributed by atoms with Crippen molar-refractivity contribution in [3.05, 3.63) is 11.9 Å². The Hall–Kier alpha value is -1.36. The van der Waals surface area contributed by atoms with Gasteiger partial charge in [-0.25, -0.2) is 9.97 Å². The minimum atomic E-state index is 0.549. The van der Waals surface area contributed by atoms with E-state index in [4.69, 9.17) is 0 Å². The van der Waals surface area contributed by atoms with E-state index in [1.807, 2.05) is 7.05 Å². The summed E-state index contributed by atoms with van der Waals surface area (Å²) in [6, 6.07) is 0.549. The fourth-order valence-corrected chi connectivity index (χ4v) is 3.00. The monoisotopic (exact) mass is 291 g/mol. The van der Waals surface area contributed by atoms with Gasteiger partial charge in [-0.3, -0.25) is 4.90 Å². The zero-order valence-corrected chi connectivity index (χ0v) is 13.7. The van der Waals surface area contributed by atoms with Gasteiger partial charge in [-0.2, -0.15) is 0 Å². The van der Waals surface area contributed by atoms with Crippen LogP contribution in [0.15, 0.2) is 6.33 Å². The molecule has 1 unspecified atom stereocenters. The average Bonchev–Trinajstić information content (AvgIpc) is 2.54. The molecule has 0 aliphatic carbocycles. The molecule has 0 aromatic carbocycles. The van der Waals surface area contributed by atoms with E-state index >= 15 is 0 Å². The van der Waals surface area contributed by atoms with Crippen LogP contribution in [-0.4, -0.2) is 47.6 Å². The maximum absolute atomic E-state index is 4.44. The van der Waals surface area contributed by atoms with Crippen molar-refractivity contribution in [2.75, 3.05) is 37.3 Å². The molecular weight excluding hydrogens is 262 g/mol. The summed E-state index contributed by atoms with van der Waals surface area (Å²) < 4.78 is 0. The molecule has 21 heavy (non-hydrogen) atoms. The molecule has 1 saturated heterocycles. The Morgan fingerprint density at radius 1 is 1.19 bits per heavy atom. The van der Waals surface area contributed by atoms with Crippen LogP contribution in [-0.2, 0) is 6.42 Å². The van der Waals surface area contributed by atoms with Crippen molar-refractivity contribution in [3.8, 4) is 0 Å². The minimum absolute atomic E-state index is 0.549. The molecule has 0 bridgehead atoms. The van der Waals surface area contributed by atoms with Crippen LogP contribution in [0, 0.1) is 0 Å². The summed E-state index contributed by atoms with van der Waals surface area (Å²) in [7, 11) is 1.92. The van der Waals surface area contributed by atoms with Crippen molar-refractivity contribution in [2.45, 2.75) is 52.0 Å². The van der Waals surface area contributed by atoms with Crippen LogP contribution in [0.5, 0.6) is 0 Å². The highest BCUT2D eigenvalue weighted by atomic mass is 15.2. The van der Waals surface area contributed by atoms with Crippen molar-refractivity contribution in [2.24, 2.45) is 0 Å². The molecule has 1 aliphatic heterocycles. The number of piperidine rings is 1. The molecule has 2 heterocycles. The average molecular weight is 291 g/mol. The van der Waals surface area contributed by atoms with Crippen molar-refractivity contribution >= 4 is 11.6 Å². The van der Waals surface area contributed by atoms with Crippen molar-refractivity contribution in [3.63, 3.8) is 0 Å². The summed E-state index contributed by atoms with van der Waals surface area (Å²) >= 11 is 0. The van der Waals surface area contributed by atoms with E-state index in [-0.39, 0.29) is 0 Å². The molecule has 0 amide bonds. The van der Waals surface area contributed by atoms with Gasteiger partial charge in [0.15, 0.2) is 0 Å². The Morgan fingerprint density at radius 2 is 1.90 bits per heavy atom. The largest absolute Gasteiger partial charge is 0.373 e. The summed E-state index contributed by atoms with van der Waals surface area (Å²) in [5, 5.41) is 6.71. The van der Waals surface area contributed by atoms with E-state index in [0.29, 0.717) is 6.04 Å². The van der Waals surface area contributed by atoms with Crippen LogP contribution >= 0.6 is 0 Å². The second-order valence-corrected chi connectivity index (χ2v) is 5.88. The Kier molecular flexibility index (Phi) is 6.23. The third kappa shape index (κ3) is 4.30. The minimum Gasteiger partial charge on any atom is -0.373 e. The molecule has 5 heteroatoms. The predicted molar refractivity (Wildman–Crippen MR) is 88.9 cm³/mol. The number of hydrogen-bond acceptors (Lipinski definition) is 5. The van der Waals surface area contributed by atoms with Crippen LogP contribution in [0.2, 0.25) is 0 Å². The van der Waals surface area contributed by atoms with Crippen LogP contribution < -0.4 is 10.6 Å². The zero-order chi connectivity index (χ0) is 15.1. The smallest absolute Gasteiger partial charge is 0.134 e. The Balaban J connectivity index is 1.98. The third-order valence-corrected chi connectivity index (χ3v) is 4.26. The van der Waals surface area contributed by atoms with Gasteiger partial charge in [0.2, 0.25) is 0 Å². The van der Waals surface area contributed by atoms with Gasteiger partial charge in [0.1, 0.15) is 18.0 Å². The number of nitrogens with one attached hydrogen (secondary N) is 2. The summed E-state index contributed by atoms with van der Waals surface area (Å²) in [6.45, 7) is 7.90. The Bertz CT molecular complexity index is 429. The zero-order valence-electron chi connectivity index (χ0n) is 13.7. The van der Waals surface area contributed by atoms with Gasteiger partial charge >= 0.3 is 0 Å². The van der Waals surface area contributed by atoms with Crippen molar-refractivity contribution in [1.29, 1.82) is 0 Å². The van der Waals surface area contributed by atoms with Crippen LogP contribution in [0.1, 0.15) is 45.1 Å². The first-order valence-electron chi connectivity index (χ1n) is 8.25. The van der Waals surface area contributed by atoms with E-state index < -0.39 is 0 Å². The molecule has 2 N–H and O–H groups in total. The van der Waals surface area contributed by atoms with Crippen LogP contribution in [0.3, 0.4) is 0 Å². The van der Waals surface area contributed by atoms with Gasteiger partial charge in [0.25, 0.3) is 0 Å². The topological polar surface area (TPSA) is 53.1 Å². The lowest BCUT2D eigenvalue weighted by Crippen LogP contribution is -2.41. The van der Waals surface area contributed by atoms with E-state index in [9.17, 15) is 0 Å². The molecular formula is C16H29N5. The third-order valence-electron chi connectivity index (χ3n) is 4.26. The van der Waals surface area contributed by atoms with Gasteiger partial charge in [-0.05, 0) is 39.3 Å². The van der Waals surface area contributed by atoms with E-state index in [2.05, 4.69) is 39.3 Å². The lowest BCUT2D eigenvalue weighted by molar-refractivity contribution is 0.180. The summed E-state index contributed by atoms with van der Waals surface area (Å²) in [6.07, 6.45) is 7.79. The molecule has 0 spiro atoms. The standard InChI is InChI=1S/C16H29N5/c1-4-8-14-15(17-3)19-12-20-16(14)18-11-13(2)21-9-6-5-7-10-21/h12-13H,4-11H2,1-3H3,(H2,17,18,19,20). The molecule has 2 rings (SSSR count). The first-order valence-corrected chi connectivity index (χ1v) is 8.25. The number of aromatic nitrogens is 2. The number of anilines is 2.